The first kappa shape index (κ1) is 11.7. The minimum atomic E-state index is 0.138. The summed E-state index contributed by atoms with van der Waals surface area (Å²) < 4.78 is 0. The fourth-order valence-electron chi connectivity index (χ4n) is 1.23. The van der Waals surface area contributed by atoms with Crippen LogP contribution in [0.1, 0.15) is 30.7 Å². The van der Waals surface area contributed by atoms with Crippen LogP contribution in [0.5, 0.6) is 0 Å². The van der Waals surface area contributed by atoms with Crippen molar-refractivity contribution in [1.29, 1.82) is 0 Å². The lowest BCUT2D eigenvalue weighted by atomic mass is 10.1. The number of halogens is 1. The Morgan fingerprint density at radius 1 is 1.79 bits per heavy atom. The molecule has 78 valence electrons. The summed E-state index contributed by atoms with van der Waals surface area (Å²) in [6.45, 7) is 5.88. The zero-order valence-corrected chi connectivity index (χ0v) is 9.79. The van der Waals surface area contributed by atoms with E-state index in [4.69, 9.17) is 17.4 Å². The lowest BCUT2D eigenvalue weighted by Crippen LogP contribution is -2.27. The molecule has 4 heteroatoms. The number of hydrogen-bond acceptors (Lipinski definition) is 3. The van der Waals surface area contributed by atoms with E-state index in [0.29, 0.717) is 0 Å². The summed E-state index contributed by atoms with van der Waals surface area (Å²) in [5, 5.41) is 2.77. The van der Waals surface area contributed by atoms with Gasteiger partial charge in [0.05, 0.1) is 11.1 Å². The second-order valence-corrected chi connectivity index (χ2v) is 4.70. The molecule has 2 nitrogen and oxygen atoms in total. The number of hydrogen-bond donors (Lipinski definition) is 2. The molecule has 1 aromatic rings. The van der Waals surface area contributed by atoms with Gasteiger partial charge >= 0.3 is 0 Å². The Balaban J connectivity index is 2.63. The van der Waals surface area contributed by atoms with Crippen LogP contribution in [0.3, 0.4) is 0 Å². The fraction of sp³-hybridized carbons (Fsp3) is 0.400. The SMILES string of the molecule is C=C(C)CCC(NN)c1sccc1Cl. The van der Waals surface area contributed by atoms with Gasteiger partial charge in [-0.05, 0) is 31.2 Å². The molecule has 1 heterocycles. The number of allylic oxidation sites excluding steroid dienone is 1. The quantitative estimate of drug-likeness (QED) is 0.463. The zero-order chi connectivity index (χ0) is 10.6. The average molecular weight is 231 g/mol. The topological polar surface area (TPSA) is 38.0 Å². The third-order valence-electron chi connectivity index (χ3n) is 2.02. The molecular formula is C10H15ClN2S. The highest BCUT2D eigenvalue weighted by molar-refractivity contribution is 7.10. The first-order chi connectivity index (χ1) is 6.65. The van der Waals surface area contributed by atoms with Gasteiger partial charge in [0.2, 0.25) is 0 Å². The van der Waals surface area contributed by atoms with E-state index in [1.165, 1.54) is 0 Å². The van der Waals surface area contributed by atoms with Crippen molar-refractivity contribution in [3.8, 4) is 0 Å². The number of nitrogens with one attached hydrogen (secondary N) is 1. The van der Waals surface area contributed by atoms with Gasteiger partial charge in [0, 0.05) is 4.88 Å². The summed E-state index contributed by atoms with van der Waals surface area (Å²) >= 11 is 7.65. The molecule has 0 radical (unpaired) electrons. The lowest BCUT2D eigenvalue weighted by Gasteiger charge is -2.14. The average Bonchev–Trinajstić information content (AvgIpc) is 2.53. The maximum Gasteiger partial charge on any atom is 0.0571 e. The first-order valence-electron chi connectivity index (χ1n) is 4.48. The molecule has 1 unspecified atom stereocenters. The molecule has 1 rings (SSSR count). The number of rotatable bonds is 5. The fourth-order valence-corrected chi connectivity index (χ4v) is 2.52. The van der Waals surface area contributed by atoms with Gasteiger partial charge in [-0.1, -0.05) is 17.2 Å². The number of thiophene rings is 1. The van der Waals surface area contributed by atoms with E-state index in [2.05, 4.69) is 12.0 Å². The van der Waals surface area contributed by atoms with Gasteiger partial charge < -0.3 is 0 Å². The zero-order valence-electron chi connectivity index (χ0n) is 8.22. The largest absolute Gasteiger partial charge is 0.271 e. The molecule has 0 aromatic carbocycles. The summed E-state index contributed by atoms with van der Waals surface area (Å²) in [5.41, 5.74) is 3.95. The Bertz CT molecular complexity index is 309. The maximum absolute atomic E-state index is 6.02. The van der Waals surface area contributed by atoms with E-state index < -0.39 is 0 Å². The summed E-state index contributed by atoms with van der Waals surface area (Å²) in [6, 6.07) is 2.03. The second-order valence-electron chi connectivity index (χ2n) is 3.35. The van der Waals surface area contributed by atoms with Crippen LogP contribution in [0, 0.1) is 0 Å². The predicted molar refractivity (Wildman–Crippen MR) is 63.4 cm³/mol. The highest BCUT2D eigenvalue weighted by Gasteiger charge is 2.14. The molecule has 0 bridgehead atoms. The Morgan fingerprint density at radius 3 is 2.93 bits per heavy atom. The highest BCUT2D eigenvalue weighted by Crippen LogP contribution is 2.31. The summed E-state index contributed by atoms with van der Waals surface area (Å²) in [6.07, 6.45) is 1.90. The normalized spacial score (nSPS) is 12.8. The van der Waals surface area contributed by atoms with E-state index in [0.717, 1.165) is 28.3 Å². The molecule has 14 heavy (non-hydrogen) atoms. The van der Waals surface area contributed by atoms with Gasteiger partial charge in [-0.25, -0.2) is 0 Å². The molecule has 0 aliphatic heterocycles. The Labute approximate surface area is 93.7 Å². The van der Waals surface area contributed by atoms with Crippen molar-refractivity contribution >= 4 is 22.9 Å². The Kier molecular flexibility index (Phi) is 4.62. The van der Waals surface area contributed by atoms with Crippen molar-refractivity contribution in [3.05, 3.63) is 33.5 Å². The molecule has 0 saturated carbocycles. The third-order valence-corrected chi connectivity index (χ3v) is 3.49. The maximum atomic E-state index is 6.02. The van der Waals surface area contributed by atoms with Crippen molar-refractivity contribution in [3.63, 3.8) is 0 Å². The summed E-state index contributed by atoms with van der Waals surface area (Å²) in [5.74, 6) is 5.49. The van der Waals surface area contributed by atoms with Crippen molar-refractivity contribution in [2.45, 2.75) is 25.8 Å². The Morgan fingerprint density at radius 2 is 2.50 bits per heavy atom. The molecule has 3 N–H and O–H groups in total. The first-order valence-corrected chi connectivity index (χ1v) is 5.74. The van der Waals surface area contributed by atoms with E-state index >= 15 is 0 Å². The molecule has 0 spiro atoms. The summed E-state index contributed by atoms with van der Waals surface area (Å²) in [7, 11) is 0. The molecule has 0 saturated heterocycles. The van der Waals surface area contributed by atoms with Crippen molar-refractivity contribution in [1.82, 2.24) is 5.43 Å². The van der Waals surface area contributed by atoms with Gasteiger partial charge in [-0.2, -0.15) is 0 Å². The molecular weight excluding hydrogens is 216 g/mol. The van der Waals surface area contributed by atoms with Crippen LogP contribution in [0.15, 0.2) is 23.6 Å². The van der Waals surface area contributed by atoms with Crippen LogP contribution >= 0.6 is 22.9 Å². The lowest BCUT2D eigenvalue weighted by molar-refractivity contribution is 0.523. The molecule has 1 aromatic heterocycles. The van der Waals surface area contributed by atoms with Crippen LogP contribution in [0.25, 0.3) is 0 Å². The standard InChI is InChI=1S/C10H15ClN2S/c1-7(2)3-4-9(13-12)10-8(11)5-6-14-10/h5-6,9,13H,1,3-4,12H2,2H3. The van der Waals surface area contributed by atoms with Gasteiger partial charge in [-0.15, -0.1) is 17.9 Å². The van der Waals surface area contributed by atoms with E-state index in [9.17, 15) is 0 Å². The van der Waals surface area contributed by atoms with Gasteiger partial charge in [-0.3, -0.25) is 11.3 Å². The van der Waals surface area contributed by atoms with Crippen molar-refractivity contribution < 1.29 is 0 Å². The highest BCUT2D eigenvalue weighted by atomic mass is 35.5. The second kappa shape index (κ2) is 5.51. The monoisotopic (exact) mass is 230 g/mol. The molecule has 1 atom stereocenters. The van der Waals surface area contributed by atoms with Gasteiger partial charge in [0.25, 0.3) is 0 Å². The Hall–Kier alpha value is -0.350. The van der Waals surface area contributed by atoms with Crippen LogP contribution < -0.4 is 11.3 Å². The van der Waals surface area contributed by atoms with Crippen molar-refractivity contribution in [2.75, 3.05) is 0 Å². The van der Waals surface area contributed by atoms with E-state index in [-0.39, 0.29) is 6.04 Å². The van der Waals surface area contributed by atoms with Gasteiger partial charge in [0.1, 0.15) is 0 Å². The smallest absolute Gasteiger partial charge is 0.0571 e. The number of nitrogens with two attached hydrogens (primary N) is 1. The molecule has 0 fully saturated rings. The minimum absolute atomic E-state index is 0.138. The van der Waals surface area contributed by atoms with Crippen molar-refractivity contribution in [2.24, 2.45) is 5.84 Å². The van der Waals surface area contributed by atoms with Crippen LogP contribution in [-0.2, 0) is 0 Å². The predicted octanol–water partition coefficient (Wildman–Crippen LogP) is 3.26. The minimum Gasteiger partial charge on any atom is -0.271 e. The van der Waals surface area contributed by atoms with Crippen LogP contribution in [0.2, 0.25) is 5.02 Å². The van der Waals surface area contributed by atoms with Crippen LogP contribution in [0.4, 0.5) is 0 Å². The third kappa shape index (κ3) is 3.10. The van der Waals surface area contributed by atoms with E-state index in [1.807, 2.05) is 18.4 Å². The molecule has 0 aliphatic carbocycles. The number of hydrazine groups is 1. The van der Waals surface area contributed by atoms with E-state index in [1.54, 1.807) is 11.3 Å². The molecule has 0 amide bonds. The molecule has 0 aliphatic rings. The summed E-state index contributed by atoms with van der Waals surface area (Å²) in [4.78, 5) is 1.11. The van der Waals surface area contributed by atoms with Crippen LogP contribution in [-0.4, -0.2) is 0 Å². The van der Waals surface area contributed by atoms with Gasteiger partial charge in [0.15, 0.2) is 0 Å².